The van der Waals surface area contributed by atoms with Crippen LogP contribution in [0.5, 0.6) is 5.75 Å². The zero-order valence-corrected chi connectivity index (χ0v) is 10.8. The molecule has 0 spiro atoms. The fourth-order valence-corrected chi connectivity index (χ4v) is 1.73. The Balaban J connectivity index is 1.88. The average molecular weight is 256 g/mol. The van der Waals surface area contributed by atoms with E-state index in [2.05, 4.69) is 22.2 Å². The lowest BCUT2D eigenvalue weighted by atomic mass is 10.1. The molecule has 2 aromatic rings. The van der Waals surface area contributed by atoms with Gasteiger partial charge < -0.3 is 15.0 Å². The summed E-state index contributed by atoms with van der Waals surface area (Å²) in [5.74, 6) is 1.63. The van der Waals surface area contributed by atoms with Crippen molar-refractivity contribution in [3.05, 3.63) is 48.0 Å². The van der Waals surface area contributed by atoms with Crippen LogP contribution in [0.15, 0.2) is 36.7 Å². The smallest absolute Gasteiger partial charge is 0.174 e. The Bertz CT molecular complexity index is 528. The monoisotopic (exact) mass is 256 g/mol. The van der Waals surface area contributed by atoms with E-state index in [4.69, 9.17) is 10.00 Å². The molecule has 0 aliphatic carbocycles. The highest BCUT2D eigenvalue weighted by atomic mass is 16.5. The molecule has 2 N–H and O–H groups in total. The Labute approximate surface area is 112 Å². The van der Waals surface area contributed by atoms with Crippen LogP contribution in [0.3, 0.4) is 0 Å². The fraction of sp³-hybridized carbons (Fsp3) is 0.286. The second kappa shape index (κ2) is 6.57. The molecule has 1 aromatic heterocycles. The number of aromatic nitrogens is 2. The van der Waals surface area contributed by atoms with Crippen molar-refractivity contribution in [2.24, 2.45) is 0 Å². The number of benzene rings is 1. The maximum Gasteiger partial charge on any atom is 0.174 e. The van der Waals surface area contributed by atoms with Crippen molar-refractivity contribution in [1.82, 2.24) is 15.3 Å². The van der Waals surface area contributed by atoms with E-state index in [1.54, 1.807) is 6.20 Å². The summed E-state index contributed by atoms with van der Waals surface area (Å²) in [5, 5.41) is 11.8. The summed E-state index contributed by atoms with van der Waals surface area (Å²) in [6.07, 6.45) is 3.55. The maximum absolute atomic E-state index is 8.44. The van der Waals surface area contributed by atoms with Crippen molar-refractivity contribution >= 4 is 0 Å². The lowest BCUT2D eigenvalue weighted by molar-refractivity contribution is 0.368. The van der Waals surface area contributed by atoms with Crippen LogP contribution in [0.1, 0.15) is 24.4 Å². The van der Waals surface area contributed by atoms with Gasteiger partial charge in [0.05, 0.1) is 6.54 Å². The normalized spacial score (nSPS) is 11.8. The van der Waals surface area contributed by atoms with E-state index >= 15 is 0 Å². The van der Waals surface area contributed by atoms with E-state index in [-0.39, 0.29) is 12.6 Å². The lowest BCUT2D eigenvalue weighted by Gasteiger charge is -2.13. The number of rotatable bonds is 6. The number of H-pyrrole nitrogens is 1. The number of nitrogens with one attached hydrogen (secondary N) is 2. The second-order valence-electron chi connectivity index (χ2n) is 4.15. The molecule has 19 heavy (non-hydrogen) atoms. The van der Waals surface area contributed by atoms with Crippen LogP contribution in [-0.2, 0) is 6.54 Å². The molecule has 1 heterocycles. The summed E-state index contributed by atoms with van der Waals surface area (Å²) in [7, 11) is 0. The first kappa shape index (κ1) is 13.1. The summed E-state index contributed by atoms with van der Waals surface area (Å²) in [5.41, 5.74) is 1.16. The number of ether oxygens (including phenoxy) is 1. The van der Waals surface area contributed by atoms with Gasteiger partial charge >= 0.3 is 0 Å². The zero-order chi connectivity index (χ0) is 13.5. The Morgan fingerprint density at radius 2 is 2.21 bits per heavy atom. The highest BCUT2D eigenvalue weighted by molar-refractivity contribution is 5.29. The Morgan fingerprint density at radius 3 is 2.84 bits per heavy atom. The van der Waals surface area contributed by atoms with Gasteiger partial charge in [0.2, 0.25) is 0 Å². The molecule has 0 aliphatic rings. The number of hydrogen-bond acceptors (Lipinski definition) is 4. The summed E-state index contributed by atoms with van der Waals surface area (Å²) in [6.45, 7) is 2.86. The molecule has 98 valence electrons. The first-order valence-electron chi connectivity index (χ1n) is 6.11. The summed E-state index contributed by atoms with van der Waals surface area (Å²) in [6, 6.07) is 9.89. The SMILES string of the molecule is CC(NCc1ncc[nH]1)c1ccc(OCC#N)cc1. The van der Waals surface area contributed by atoms with Gasteiger partial charge in [0.1, 0.15) is 17.6 Å². The molecule has 0 saturated heterocycles. The quantitative estimate of drug-likeness (QED) is 0.830. The first-order chi connectivity index (χ1) is 9.29. The molecular formula is C14H16N4O. The van der Waals surface area contributed by atoms with Gasteiger partial charge in [-0.3, -0.25) is 0 Å². The van der Waals surface area contributed by atoms with Gasteiger partial charge in [0, 0.05) is 18.4 Å². The van der Waals surface area contributed by atoms with Crippen LogP contribution in [0.4, 0.5) is 0 Å². The van der Waals surface area contributed by atoms with Crippen molar-refractivity contribution in [3.63, 3.8) is 0 Å². The van der Waals surface area contributed by atoms with Gasteiger partial charge in [-0.15, -0.1) is 0 Å². The van der Waals surface area contributed by atoms with Crippen molar-refractivity contribution in [3.8, 4) is 11.8 Å². The Morgan fingerprint density at radius 1 is 1.42 bits per heavy atom. The molecule has 1 aromatic carbocycles. The van der Waals surface area contributed by atoms with Crippen molar-refractivity contribution in [2.75, 3.05) is 6.61 Å². The number of hydrogen-bond donors (Lipinski definition) is 2. The predicted molar refractivity (Wildman–Crippen MR) is 71.4 cm³/mol. The summed E-state index contributed by atoms with van der Waals surface area (Å²) >= 11 is 0. The molecule has 1 atom stereocenters. The van der Waals surface area contributed by atoms with Crippen LogP contribution in [0.2, 0.25) is 0 Å². The van der Waals surface area contributed by atoms with Gasteiger partial charge in [0.15, 0.2) is 6.61 Å². The summed E-state index contributed by atoms with van der Waals surface area (Å²) < 4.78 is 5.21. The maximum atomic E-state index is 8.44. The number of nitrogens with zero attached hydrogens (tertiary/aromatic N) is 2. The van der Waals surface area contributed by atoms with Crippen molar-refractivity contribution in [1.29, 1.82) is 5.26 Å². The van der Waals surface area contributed by atoms with Crippen LogP contribution in [0, 0.1) is 11.3 Å². The molecule has 0 aliphatic heterocycles. The van der Waals surface area contributed by atoms with Crippen LogP contribution < -0.4 is 10.1 Å². The van der Waals surface area contributed by atoms with Crippen LogP contribution in [-0.4, -0.2) is 16.6 Å². The lowest BCUT2D eigenvalue weighted by Crippen LogP contribution is -2.18. The summed E-state index contributed by atoms with van der Waals surface area (Å²) in [4.78, 5) is 7.21. The molecule has 0 bridgehead atoms. The van der Waals surface area contributed by atoms with Gasteiger partial charge in [0.25, 0.3) is 0 Å². The Hall–Kier alpha value is -2.32. The van der Waals surface area contributed by atoms with E-state index in [1.165, 1.54) is 0 Å². The largest absolute Gasteiger partial charge is 0.479 e. The molecule has 0 fully saturated rings. The van der Waals surface area contributed by atoms with Gasteiger partial charge in [-0.2, -0.15) is 5.26 Å². The van der Waals surface area contributed by atoms with E-state index in [9.17, 15) is 0 Å². The third-order valence-electron chi connectivity index (χ3n) is 2.81. The minimum Gasteiger partial charge on any atom is -0.479 e. The molecule has 5 nitrogen and oxygen atoms in total. The number of aromatic amines is 1. The van der Waals surface area contributed by atoms with E-state index in [0.717, 1.165) is 11.4 Å². The minimum atomic E-state index is 0.0750. The second-order valence-corrected chi connectivity index (χ2v) is 4.15. The molecule has 0 amide bonds. The highest BCUT2D eigenvalue weighted by Gasteiger charge is 2.05. The van der Waals surface area contributed by atoms with Gasteiger partial charge in [-0.05, 0) is 24.6 Å². The molecule has 1 unspecified atom stereocenters. The average Bonchev–Trinajstić information content (AvgIpc) is 2.96. The van der Waals surface area contributed by atoms with Crippen molar-refractivity contribution in [2.45, 2.75) is 19.5 Å². The predicted octanol–water partition coefficient (Wildman–Crippen LogP) is 2.16. The van der Waals surface area contributed by atoms with E-state index in [1.807, 2.05) is 36.5 Å². The van der Waals surface area contributed by atoms with E-state index < -0.39 is 0 Å². The van der Waals surface area contributed by atoms with Crippen LogP contribution >= 0.6 is 0 Å². The number of nitriles is 1. The van der Waals surface area contributed by atoms with Gasteiger partial charge in [-0.1, -0.05) is 12.1 Å². The molecule has 0 radical (unpaired) electrons. The number of imidazole rings is 1. The molecule has 0 saturated carbocycles. The Kier molecular flexibility index (Phi) is 4.54. The van der Waals surface area contributed by atoms with Crippen molar-refractivity contribution < 1.29 is 4.74 Å². The minimum absolute atomic E-state index is 0.0750. The van der Waals surface area contributed by atoms with Gasteiger partial charge in [-0.25, -0.2) is 4.98 Å². The molecule has 5 heteroatoms. The third kappa shape index (κ3) is 3.83. The fourth-order valence-electron chi connectivity index (χ4n) is 1.73. The van der Waals surface area contributed by atoms with E-state index in [0.29, 0.717) is 12.3 Å². The zero-order valence-electron chi connectivity index (χ0n) is 10.8. The first-order valence-corrected chi connectivity index (χ1v) is 6.11. The van der Waals surface area contributed by atoms with Crippen LogP contribution in [0.25, 0.3) is 0 Å². The highest BCUT2D eigenvalue weighted by Crippen LogP contribution is 2.17. The molecular weight excluding hydrogens is 240 g/mol. The topological polar surface area (TPSA) is 73.7 Å². The third-order valence-corrected chi connectivity index (χ3v) is 2.81. The standard InChI is InChI=1S/C14H16N4O/c1-11(18-10-14-16-7-8-17-14)12-2-4-13(5-3-12)19-9-6-15/h2-5,7-8,11,18H,9-10H2,1H3,(H,16,17). The molecule has 2 rings (SSSR count).